The zero-order valence-electron chi connectivity index (χ0n) is 16.5. The van der Waals surface area contributed by atoms with Gasteiger partial charge in [0.15, 0.2) is 0 Å². The molecule has 4 rings (SSSR count). The van der Waals surface area contributed by atoms with Crippen LogP contribution in [0.1, 0.15) is 31.8 Å². The molecule has 0 bridgehead atoms. The van der Waals surface area contributed by atoms with E-state index in [2.05, 4.69) is 5.10 Å². The largest absolute Gasteiger partial charge is 0.335 e. The lowest BCUT2D eigenvalue weighted by molar-refractivity contribution is 0.0535. The molecule has 0 radical (unpaired) electrons. The molecular weight excluding hydrogens is 364 g/mol. The first-order valence-corrected chi connectivity index (χ1v) is 9.82. The van der Waals surface area contributed by atoms with Gasteiger partial charge >= 0.3 is 0 Å². The van der Waals surface area contributed by atoms with E-state index < -0.39 is 0 Å². The second-order valence-electron chi connectivity index (χ2n) is 7.35. The van der Waals surface area contributed by atoms with Crippen molar-refractivity contribution in [2.45, 2.75) is 13.5 Å². The Morgan fingerprint density at radius 1 is 0.828 bits per heavy atom. The quantitative estimate of drug-likeness (QED) is 0.691. The fraction of sp³-hybridized carbons (Fsp3) is 0.261. The summed E-state index contributed by atoms with van der Waals surface area (Å²) in [5.74, 6) is 0.0400. The summed E-state index contributed by atoms with van der Waals surface area (Å²) < 4.78 is 1.85. The van der Waals surface area contributed by atoms with E-state index in [1.165, 1.54) is 0 Å². The number of carbonyl (C=O) groups excluding carboxylic acids is 2. The highest BCUT2D eigenvalue weighted by molar-refractivity contribution is 5.96. The van der Waals surface area contributed by atoms with Gasteiger partial charge in [0.25, 0.3) is 11.8 Å². The van der Waals surface area contributed by atoms with Crippen molar-refractivity contribution in [1.82, 2.24) is 19.6 Å². The summed E-state index contributed by atoms with van der Waals surface area (Å²) in [4.78, 5) is 29.1. The van der Waals surface area contributed by atoms with Crippen molar-refractivity contribution in [2.75, 3.05) is 26.2 Å². The van der Waals surface area contributed by atoms with Gasteiger partial charge in [-0.3, -0.25) is 14.3 Å². The maximum Gasteiger partial charge on any atom is 0.253 e. The highest BCUT2D eigenvalue weighted by atomic mass is 16.2. The first kappa shape index (κ1) is 18.9. The summed E-state index contributed by atoms with van der Waals surface area (Å²) in [6.45, 7) is 4.88. The molecule has 148 valence electrons. The number of aryl methyl sites for hydroxylation is 1. The first-order chi connectivity index (χ1) is 14.1. The predicted molar refractivity (Wildman–Crippen MR) is 111 cm³/mol. The molecule has 0 N–H and O–H groups in total. The normalized spacial score (nSPS) is 14.1. The van der Waals surface area contributed by atoms with Crippen molar-refractivity contribution < 1.29 is 9.59 Å². The van der Waals surface area contributed by atoms with Gasteiger partial charge in [0.2, 0.25) is 0 Å². The van der Waals surface area contributed by atoms with Crippen molar-refractivity contribution in [3.05, 3.63) is 89.2 Å². The zero-order valence-corrected chi connectivity index (χ0v) is 16.5. The highest BCUT2D eigenvalue weighted by Crippen LogP contribution is 2.14. The monoisotopic (exact) mass is 388 g/mol. The van der Waals surface area contributed by atoms with Crippen LogP contribution in [0.2, 0.25) is 0 Å². The molecule has 2 heterocycles. The number of nitrogens with zero attached hydrogens (tertiary/aromatic N) is 4. The molecular formula is C23H24N4O2. The van der Waals surface area contributed by atoms with Crippen LogP contribution in [0.5, 0.6) is 0 Å². The first-order valence-electron chi connectivity index (χ1n) is 9.82. The van der Waals surface area contributed by atoms with Gasteiger partial charge in [-0.15, -0.1) is 0 Å². The number of aromatic nitrogens is 2. The van der Waals surface area contributed by atoms with Gasteiger partial charge in [-0.1, -0.05) is 29.8 Å². The second-order valence-corrected chi connectivity index (χ2v) is 7.35. The van der Waals surface area contributed by atoms with Crippen LogP contribution >= 0.6 is 0 Å². The Morgan fingerprint density at radius 3 is 1.83 bits per heavy atom. The van der Waals surface area contributed by atoms with Crippen LogP contribution in [0.4, 0.5) is 0 Å². The molecule has 1 fully saturated rings. The Hall–Kier alpha value is -3.41. The summed E-state index contributed by atoms with van der Waals surface area (Å²) in [5, 5.41) is 4.20. The molecule has 6 nitrogen and oxygen atoms in total. The molecule has 0 unspecified atom stereocenters. The Kier molecular flexibility index (Phi) is 5.42. The average molecular weight is 388 g/mol. The Morgan fingerprint density at radius 2 is 1.34 bits per heavy atom. The van der Waals surface area contributed by atoms with Gasteiger partial charge in [0.05, 0.1) is 6.54 Å². The Labute approximate surface area is 170 Å². The Balaban J connectivity index is 1.34. The minimum absolute atomic E-state index is 0.0121. The molecule has 29 heavy (non-hydrogen) atoms. The van der Waals surface area contributed by atoms with E-state index in [1.54, 1.807) is 6.20 Å². The van der Waals surface area contributed by atoms with E-state index in [1.807, 2.05) is 82.2 Å². The van der Waals surface area contributed by atoms with Gasteiger partial charge in [0.1, 0.15) is 0 Å². The fourth-order valence-electron chi connectivity index (χ4n) is 3.51. The highest BCUT2D eigenvalue weighted by Gasteiger charge is 2.25. The number of rotatable bonds is 4. The summed E-state index contributed by atoms with van der Waals surface area (Å²) in [5.41, 5.74) is 3.60. The Bertz CT molecular complexity index is 971. The summed E-state index contributed by atoms with van der Waals surface area (Å²) >= 11 is 0. The SMILES string of the molecule is Cc1ccc(C(=O)N2CCN(C(=O)c3ccc(Cn4cccn4)cc3)CC2)cc1. The number of hydrogen-bond acceptors (Lipinski definition) is 3. The molecule has 1 aliphatic heterocycles. The lowest BCUT2D eigenvalue weighted by Gasteiger charge is -2.35. The number of carbonyl (C=O) groups is 2. The fourth-order valence-corrected chi connectivity index (χ4v) is 3.51. The third-order valence-corrected chi connectivity index (χ3v) is 5.26. The lowest BCUT2D eigenvalue weighted by Crippen LogP contribution is -2.50. The third-order valence-electron chi connectivity index (χ3n) is 5.26. The molecule has 6 heteroatoms. The van der Waals surface area contributed by atoms with Crippen molar-refractivity contribution >= 4 is 11.8 Å². The van der Waals surface area contributed by atoms with Crippen LogP contribution in [0.15, 0.2) is 67.0 Å². The van der Waals surface area contributed by atoms with Crippen molar-refractivity contribution in [2.24, 2.45) is 0 Å². The van der Waals surface area contributed by atoms with Crippen LogP contribution in [0.25, 0.3) is 0 Å². The van der Waals surface area contributed by atoms with Crippen molar-refractivity contribution in [3.8, 4) is 0 Å². The summed E-state index contributed by atoms with van der Waals surface area (Å²) in [7, 11) is 0. The van der Waals surface area contributed by atoms with Crippen LogP contribution in [0.3, 0.4) is 0 Å². The van der Waals surface area contributed by atoms with E-state index >= 15 is 0 Å². The smallest absolute Gasteiger partial charge is 0.253 e. The molecule has 1 aromatic heterocycles. The maximum absolute atomic E-state index is 12.8. The van der Waals surface area contributed by atoms with Gasteiger partial charge in [0, 0.05) is 49.7 Å². The lowest BCUT2D eigenvalue weighted by atomic mass is 10.1. The van der Waals surface area contributed by atoms with Gasteiger partial charge < -0.3 is 9.80 Å². The van der Waals surface area contributed by atoms with Crippen LogP contribution in [0, 0.1) is 6.92 Å². The number of benzene rings is 2. The molecule has 0 spiro atoms. The molecule has 2 amide bonds. The van der Waals surface area contributed by atoms with Crippen LogP contribution < -0.4 is 0 Å². The molecule has 1 saturated heterocycles. The maximum atomic E-state index is 12.8. The van der Waals surface area contributed by atoms with Gasteiger partial charge in [-0.2, -0.15) is 5.10 Å². The van der Waals surface area contributed by atoms with E-state index in [9.17, 15) is 9.59 Å². The zero-order chi connectivity index (χ0) is 20.2. The van der Waals surface area contributed by atoms with Crippen LogP contribution in [-0.2, 0) is 6.54 Å². The van der Waals surface area contributed by atoms with E-state index in [-0.39, 0.29) is 11.8 Å². The van der Waals surface area contributed by atoms with Crippen molar-refractivity contribution in [1.29, 1.82) is 0 Å². The molecule has 3 aromatic rings. The average Bonchev–Trinajstić information content (AvgIpc) is 3.27. The number of hydrogen-bond donors (Lipinski definition) is 0. The third kappa shape index (κ3) is 4.37. The van der Waals surface area contributed by atoms with E-state index in [4.69, 9.17) is 0 Å². The van der Waals surface area contributed by atoms with E-state index in [0.717, 1.165) is 11.1 Å². The topological polar surface area (TPSA) is 58.4 Å². The van der Waals surface area contributed by atoms with Gasteiger partial charge in [-0.25, -0.2) is 0 Å². The van der Waals surface area contributed by atoms with Crippen LogP contribution in [-0.4, -0.2) is 57.6 Å². The van der Waals surface area contributed by atoms with E-state index in [0.29, 0.717) is 43.9 Å². The summed E-state index contributed by atoms with van der Waals surface area (Å²) in [6.07, 6.45) is 3.66. The number of amides is 2. The second kappa shape index (κ2) is 8.31. The molecule has 0 saturated carbocycles. The molecule has 0 atom stereocenters. The number of piperazine rings is 1. The molecule has 0 aliphatic carbocycles. The minimum Gasteiger partial charge on any atom is -0.335 e. The predicted octanol–water partition coefficient (Wildman–Crippen LogP) is 2.84. The molecule has 2 aromatic carbocycles. The standard InChI is InChI=1S/C23H24N4O2/c1-18-3-7-20(8-4-18)22(28)25-13-15-26(16-14-25)23(29)21-9-5-19(6-10-21)17-27-12-2-11-24-27/h2-12H,13-17H2,1H3. The molecule has 1 aliphatic rings. The summed E-state index contributed by atoms with van der Waals surface area (Å²) in [6, 6.07) is 17.2. The van der Waals surface area contributed by atoms with Gasteiger partial charge in [-0.05, 0) is 42.8 Å². The minimum atomic E-state index is 0.0121. The van der Waals surface area contributed by atoms with Crippen molar-refractivity contribution in [3.63, 3.8) is 0 Å².